The largest absolute Gasteiger partial charge is 0.497 e. The molecule has 10 heteroatoms. The highest BCUT2D eigenvalue weighted by molar-refractivity contribution is 8.18. The number of benzene rings is 3. The molecule has 2 heterocycles. The number of rotatable bonds is 9. The summed E-state index contributed by atoms with van der Waals surface area (Å²) in [4.78, 5) is 34.9. The number of nitrogens with zero attached hydrogens (tertiary/aromatic N) is 2. The molecular formula is C29H25ClN4O4S. The van der Waals surface area contributed by atoms with Gasteiger partial charge in [0.1, 0.15) is 11.5 Å². The molecule has 1 aliphatic heterocycles. The van der Waals surface area contributed by atoms with Crippen molar-refractivity contribution >= 4 is 63.0 Å². The number of primary amides is 1. The maximum Gasteiger partial charge on any atom is 0.266 e. The highest BCUT2D eigenvalue weighted by atomic mass is 35.5. The average Bonchev–Trinajstić information content (AvgIpc) is 3.47. The van der Waals surface area contributed by atoms with Gasteiger partial charge in [-0.15, -0.1) is 0 Å². The Labute approximate surface area is 234 Å². The quantitative estimate of drug-likeness (QED) is 0.261. The molecule has 0 atom stereocenters. The van der Waals surface area contributed by atoms with Crippen LogP contribution in [0.25, 0.3) is 17.0 Å². The molecule has 0 saturated carbocycles. The number of aliphatic imine (C=N–C) groups is 1. The Morgan fingerprint density at radius 1 is 1.15 bits per heavy atom. The number of hydrogen-bond donors (Lipinski definition) is 2. The Hall–Kier alpha value is -4.21. The Morgan fingerprint density at radius 3 is 2.69 bits per heavy atom. The number of aromatic nitrogens is 1. The molecule has 0 bridgehead atoms. The van der Waals surface area contributed by atoms with E-state index in [-0.39, 0.29) is 12.5 Å². The summed E-state index contributed by atoms with van der Waals surface area (Å²) >= 11 is 7.64. The number of ether oxygens (including phenoxy) is 2. The topological polar surface area (TPSA) is 110 Å². The molecule has 1 fully saturated rings. The van der Waals surface area contributed by atoms with Crippen LogP contribution >= 0.6 is 23.4 Å². The van der Waals surface area contributed by atoms with E-state index in [9.17, 15) is 9.59 Å². The van der Waals surface area contributed by atoms with Crippen molar-refractivity contribution in [2.45, 2.75) is 6.42 Å². The lowest BCUT2D eigenvalue weighted by Gasteiger charge is -2.15. The maximum absolute atomic E-state index is 13.6. The second-order valence-corrected chi connectivity index (χ2v) is 10.1. The van der Waals surface area contributed by atoms with Gasteiger partial charge in [-0.1, -0.05) is 35.9 Å². The third-order valence-corrected chi connectivity index (χ3v) is 7.39. The lowest BCUT2D eigenvalue weighted by atomic mass is 10.1. The minimum absolute atomic E-state index is 0.141. The molecule has 3 N–H and O–H groups in total. The van der Waals surface area contributed by atoms with Crippen LogP contribution in [-0.2, 0) is 16.0 Å². The molecule has 0 spiro atoms. The Kier molecular flexibility index (Phi) is 7.90. The van der Waals surface area contributed by atoms with Crippen LogP contribution in [0, 0.1) is 0 Å². The highest BCUT2D eigenvalue weighted by Gasteiger charge is 2.33. The van der Waals surface area contributed by atoms with Gasteiger partial charge in [-0.25, -0.2) is 4.99 Å². The van der Waals surface area contributed by atoms with E-state index in [0.29, 0.717) is 45.1 Å². The molecule has 0 aliphatic carbocycles. The van der Waals surface area contributed by atoms with E-state index in [1.807, 2.05) is 48.7 Å². The van der Waals surface area contributed by atoms with Gasteiger partial charge in [-0.2, -0.15) is 0 Å². The number of carbonyl (C=O) groups is 2. The summed E-state index contributed by atoms with van der Waals surface area (Å²) in [5, 5.41) is 2.03. The first-order chi connectivity index (χ1) is 18.9. The number of amides is 2. The van der Waals surface area contributed by atoms with Crippen LogP contribution in [0.2, 0.25) is 5.02 Å². The van der Waals surface area contributed by atoms with Crippen LogP contribution in [0.4, 0.5) is 5.69 Å². The number of para-hydroxylation sites is 1. The lowest BCUT2D eigenvalue weighted by Crippen LogP contribution is -2.31. The minimum atomic E-state index is -0.596. The molecule has 8 nitrogen and oxygen atoms in total. The minimum Gasteiger partial charge on any atom is -0.497 e. The number of nitrogens with one attached hydrogen (secondary N) is 1. The van der Waals surface area contributed by atoms with Crippen molar-refractivity contribution in [3.05, 3.63) is 94.0 Å². The number of aromatic amines is 1. The summed E-state index contributed by atoms with van der Waals surface area (Å²) in [5.41, 5.74) is 8.75. The lowest BCUT2D eigenvalue weighted by molar-refractivity contribution is -0.122. The second kappa shape index (κ2) is 11.7. The van der Waals surface area contributed by atoms with Crippen molar-refractivity contribution in [1.29, 1.82) is 0 Å². The molecule has 39 heavy (non-hydrogen) atoms. The number of fused-ring (bicyclic) bond motifs is 1. The zero-order valence-corrected chi connectivity index (χ0v) is 22.6. The summed E-state index contributed by atoms with van der Waals surface area (Å²) in [6.07, 6.45) is 4.41. The zero-order valence-electron chi connectivity index (χ0n) is 21.0. The molecule has 1 aliphatic rings. The van der Waals surface area contributed by atoms with Crippen LogP contribution < -0.4 is 15.2 Å². The Bertz CT molecular complexity index is 1600. The van der Waals surface area contributed by atoms with E-state index in [1.54, 1.807) is 36.3 Å². The summed E-state index contributed by atoms with van der Waals surface area (Å²) in [6, 6.07) is 20.5. The molecule has 1 saturated heterocycles. The SMILES string of the molecule is COc1ccc(N=C2SC(=Cc3ccc(OCC(N)=O)c(Cl)c3)C(=O)N2CCc2c[nH]c3ccccc23)cc1. The smallest absolute Gasteiger partial charge is 0.266 e. The van der Waals surface area contributed by atoms with E-state index < -0.39 is 5.91 Å². The molecule has 4 aromatic rings. The number of halogens is 1. The third-order valence-electron chi connectivity index (χ3n) is 6.09. The first kappa shape index (κ1) is 26.4. The van der Waals surface area contributed by atoms with Crippen molar-refractivity contribution in [3.8, 4) is 11.5 Å². The van der Waals surface area contributed by atoms with Gasteiger partial charge >= 0.3 is 0 Å². The Balaban J connectivity index is 1.42. The molecule has 5 rings (SSSR count). The molecule has 1 aromatic heterocycles. The predicted molar refractivity (Wildman–Crippen MR) is 156 cm³/mol. The fraction of sp³-hybridized carbons (Fsp3) is 0.138. The number of methoxy groups -OCH3 is 1. The fourth-order valence-electron chi connectivity index (χ4n) is 4.15. The molecule has 0 unspecified atom stereocenters. The number of amidine groups is 1. The molecular weight excluding hydrogens is 536 g/mol. The third kappa shape index (κ3) is 6.10. The molecule has 2 amide bonds. The van der Waals surface area contributed by atoms with Crippen LogP contribution in [-0.4, -0.2) is 47.1 Å². The van der Waals surface area contributed by atoms with E-state index in [1.165, 1.54) is 11.8 Å². The van der Waals surface area contributed by atoms with Crippen LogP contribution in [0.5, 0.6) is 11.5 Å². The Morgan fingerprint density at radius 2 is 1.95 bits per heavy atom. The second-order valence-electron chi connectivity index (χ2n) is 8.71. The van der Waals surface area contributed by atoms with Crippen molar-refractivity contribution in [2.75, 3.05) is 20.3 Å². The molecule has 0 radical (unpaired) electrons. The summed E-state index contributed by atoms with van der Waals surface area (Å²) < 4.78 is 10.6. The van der Waals surface area contributed by atoms with E-state index in [2.05, 4.69) is 11.1 Å². The summed E-state index contributed by atoms with van der Waals surface area (Å²) in [7, 11) is 1.61. The first-order valence-corrected chi connectivity index (χ1v) is 13.3. The van der Waals surface area contributed by atoms with Gasteiger partial charge in [0.25, 0.3) is 11.8 Å². The number of carbonyl (C=O) groups excluding carboxylic acids is 2. The van der Waals surface area contributed by atoms with Crippen molar-refractivity contribution in [2.24, 2.45) is 10.7 Å². The van der Waals surface area contributed by atoms with Crippen LogP contribution in [0.15, 0.2) is 82.8 Å². The predicted octanol–water partition coefficient (Wildman–Crippen LogP) is 5.54. The number of hydrogen-bond acceptors (Lipinski definition) is 6. The van der Waals surface area contributed by atoms with E-state index in [4.69, 9.17) is 31.8 Å². The van der Waals surface area contributed by atoms with Gasteiger partial charge in [0.15, 0.2) is 11.8 Å². The number of thioether (sulfide) groups is 1. The van der Waals surface area contributed by atoms with Crippen molar-refractivity contribution in [3.63, 3.8) is 0 Å². The standard InChI is InChI=1S/C29H25ClN4O4S/c1-37-21-9-7-20(8-10-21)33-29-34(13-12-19-16-32-24-5-3-2-4-22(19)24)28(36)26(39-29)15-18-6-11-25(23(30)14-18)38-17-27(31)35/h2-11,14-16,32H,12-13,17H2,1H3,(H2,31,35). The van der Waals surface area contributed by atoms with Crippen LogP contribution in [0.3, 0.4) is 0 Å². The van der Waals surface area contributed by atoms with Crippen molar-refractivity contribution in [1.82, 2.24) is 9.88 Å². The first-order valence-electron chi connectivity index (χ1n) is 12.1. The normalized spacial score (nSPS) is 15.4. The van der Waals surface area contributed by atoms with E-state index in [0.717, 1.165) is 22.2 Å². The number of nitrogens with two attached hydrogens (primary N) is 1. The van der Waals surface area contributed by atoms with Gasteiger partial charge in [0, 0.05) is 23.6 Å². The van der Waals surface area contributed by atoms with Gasteiger partial charge in [0.05, 0.1) is 22.7 Å². The fourth-order valence-corrected chi connectivity index (χ4v) is 5.42. The van der Waals surface area contributed by atoms with E-state index >= 15 is 0 Å². The van der Waals surface area contributed by atoms with Gasteiger partial charge in [0.2, 0.25) is 0 Å². The van der Waals surface area contributed by atoms with Gasteiger partial charge in [-0.05, 0) is 77.9 Å². The summed E-state index contributed by atoms with van der Waals surface area (Å²) in [6.45, 7) is 0.186. The summed E-state index contributed by atoms with van der Waals surface area (Å²) in [5.74, 6) is 0.329. The highest BCUT2D eigenvalue weighted by Crippen LogP contribution is 2.36. The number of H-pyrrole nitrogens is 1. The maximum atomic E-state index is 13.6. The monoisotopic (exact) mass is 560 g/mol. The molecule has 198 valence electrons. The van der Waals surface area contributed by atoms with Crippen molar-refractivity contribution < 1.29 is 19.1 Å². The molecule has 3 aromatic carbocycles. The van der Waals surface area contributed by atoms with Gasteiger partial charge in [-0.3, -0.25) is 14.5 Å². The average molecular weight is 561 g/mol. The van der Waals surface area contributed by atoms with Crippen LogP contribution in [0.1, 0.15) is 11.1 Å². The van der Waals surface area contributed by atoms with Gasteiger partial charge < -0.3 is 20.2 Å². The zero-order chi connectivity index (χ0) is 27.4.